The lowest BCUT2D eigenvalue weighted by Gasteiger charge is -2.27. The van der Waals surface area contributed by atoms with Gasteiger partial charge in [-0.15, -0.1) is 0 Å². The summed E-state index contributed by atoms with van der Waals surface area (Å²) in [4.78, 5) is 56.2. The molecule has 0 N–H and O–H groups in total. The standard InChI is InChI=1S/C27H17Cl2NO5/c1-13-6-9-15(10-7-13)30-25(33)20-21(26(30)34)27(23(31)16-4-2-3-5-17(16)24(27)32)35-22(20)18-11-8-14(28)12-19(18)29/h2-12,20-22H,1H3/t20-,21+,22+/m0/s1. The molecule has 2 amide bonds. The normalized spacial score (nSPS) is 24.4. The molecule has 0 aromatic heterocycles. The van der Waals surface area contributed by atoms with Crippen LogP contribution in [0.3, 0.4) is 0 Å². The first kappa shape index (κ1) is 22.2. The third kappa shape index (κ3) is 2.88. The van der Waals surface area contributed by atoms with Gasteiger partial charge in [-0.05, 0) is 31.2 Å². The Hall–Kier alpha value is -3.32. The third-order valence-corrected chi connectivity index (χ3v) is 7.64. The zero-order valence-electron chi connectivity index (χ0n) is 18.3. The van der Waals surface area contributed by atoms with E-state index >= 15 is 0 Å². The lowest BCUT2D eigenvalue weighted by atomic mass is 9.77. The molecule has 0 bridgehead atoms. The third-order valence-electron chi connectivity index (χ3n) is 7.08. The summed E-state index contributed by atoms with van der Waals surface area (Å²) in [5.41, 5.74) is -0.0942. The molecule has 3 atom stereocenters. The van der Waals surface area contributed by atoms with Crippen LogP contribution < -0.4 is 4.90 Å². The highest BCUT2D eigenvalue weighted by Crippen LogP contribution is 2.58. The predicted octanol–water partition coefficient (Wildman–Crippen LogP) is 5.00. The van der Waals surface area contributed by atoms with Gasteiger partial charge in [0.15, 0.2) is 0 Å². The first-order valence-electron chi connectivity index (χ1n) is 11.0. The molecule has 8 heteroatoms. The topological polar surface area (TPSA) is 80.8 Å². The number of hydrogen-bond acceptors (Lipinski definition) is 5. The van der Waals surface area contributed by atoms with Crippen LogP contribution >= 0.6 is 23.2 Å². The smallest absolute Gasteiger partial charge is 0.241 e. The van der Waals surface area contributed by atoms with Gasteiger partial charge in [-0.1, -0.05) is 71.2 Å². The minimum Gasteiger partial charge on any atom is -0.349 e. The van der Waals surface area contributed by atoms with Crippen LogP contribution in [0.1, 0.15) is 37.9 Å². The second-order valence-electron chi connectivity index (χ2n) is 8.99. The maximum absolute atomic E-state index is 13.9. The van der Waals surface area contributed by atoms with Crippen molar-refractivity contribution < 1.29 is 23.9 Å². The summed E-state index contributed by atoms with van der Waals surface area (Å²) < 4.78 is 6.24. The zero-order valence-corrected chi connectivity index (χ0v) is 19.8. The van der Waals surface area contributed by atoms with Crippen LogP contribution in [-0.2, 0) is 14.3 Å². The summed E-state index contributed by atoms with van der Waals surface area (Å²) in [5, 5.41) is 0.585. The number of amides is 2. The van der Waals surface area contributed by atoms with E-state index in [2.05, 4.69) is 0 Å². The number of anilines is 1. The number of carbonyl (C=O) groups is 4. The number of hydrogen-bond donors (Lipinski definition) is 0. The van der Waals surface area contributed by atoms with Crippen molar-refractivity contribution >= 4 is 52.3 Å². The highest BCUT2D eigenvalue weighted by atomic mass is 35.5. The summed E-state index contributed by atoms with van der Waals surface area (Å²) in [7, 11) is 0. The van der Waals surface area contributed by atoms with Gasteiger partial charge >= 0.3 is 0 Å². The van der Waals surface area contributed by atoms with Gasteiger partial charge in [0.05, 0.1) is 23.6 Å². The molecule has 1 aliphatic carbocycles. The van der Waals surface area contributed by atoms with E-state index in [4.69, 9.17) is 27.9 Å². The Labute approximate surface area is 210 Å². The first-order chi connectivity index (χ1) is 16.8. The molecule has 2 saturated heterocycles. The number of Topliss-reactive ketones (excluding diaryl/α,β-unsaturated/α-hetero) is 2. The van der Waals surface area contributed by atoms with E-state index in [9.17, 15) is 19.2 Å². The summed E-state index contributed by atoms with van der Waals surface area (Å²) in [6.07, 6.45) is -1.10. The average Bonchev–Trinajstić information content (AvgIpc) is 3.40. The molecule has 6 rings (SSSR count). The van der Waals surface area contributed by atoms with Crippen molar-refractivity contribution in [3.63, 3.8) is 0 Å². The number of imide groups is 1. The molecule has 3 aliphatic rings. The van der Waals surface area contributed by atoms with Gasteiger partial charge < -0.3 is 4.74 Å². The van der Waals surface area contributed by atoms with E-state index in [1.165, 1.54) is 18.2 Å². The molecule has 0 radical (unpaired) electrons. The van der Waals surface area contributed by atoms with E-state index < -0.39 is 46.9 Å². The van der Waals surface area contributed by atoms with Crippen LogP contribution in [0.25, 0.3) is 0 Å². The molecule has 3 aromatic rings. The Morgan fingerprint density at radius 3 is 2.06 bits per heavy atom. The number of benzene rings is 3. The van der Waals surface area contributed by atoms with Crippen molar-refractivity contribution in [1.29, 1.82) is 0 Å². The molecule has 3 aromatic carbocycles. The van der Waals surface area contributed by atoms with Crippen molar-refractivity contribution in [1.82, 2.24) is 0 Å². The Morgan fingerprint density at radius 1 is 0.829 bits per heavy atom. The highest BCUT2D eigenvalue weighted by molar-refractivity contribution is 6.37. The summed E-state index contributed by atoms with van der Waals surface area (Å²) in [6.45, 7) is 1.89. The largest absolute Gasteiger partial charge is 0.349 e. The van der Waals surface area contributed by atoms with E-state index in [-0.39, 0.29) is 16.1 Å². The number of ether oxygens (including phenoxy) is 1. The Kier molecular flexibility index (Phi) is 4.81. The second-order valence-corrected chi connectivity index (χ2v) is 9.84. The zero-order chi connectivity index (χ0) is 24.6. The summed E-state index contributed by atoms with van der Waals surface area (Å²) in [5.74, 6) is -4.88. The number of fused-ring (bicyclic) bond motifs is 3. The van der Waals surface area contributed by atoms with Crippen LogP contribution in [0, 0.1) is 18.8 Å². The average molecular weight is 506 g/mol. The lowest BCUT2D eigenvalue weighted by molar-refractivity contribution is -0.127. The van der Waals surface area contributed by atoms with Gasteiger partial charge in [0, 0.05) is 26.7 Å². The van der Waals surface area contributed by atoms with E-state index in [1.54, 1.807) is 48.5 Å². The van der Waals surface area contributed by atoms with E-state index in [0.29, 0.717) is 16.3 Å². The van der Waals surface area contributed by atoms with Crippen LogP contribution in [0.5, 0.6) is 0 Å². The van der Waals surface area contributed by atoms with Gasteiger partial charge in [-0.25, -0.2) is 4.90 Å². The van der Waals surface area contributed by atoms with E-state index in [0.717, 1.165) is 10.5 Å². The fraction of sp³-hybridized carbons (Fsp3) is 0.185. The van der Waals surface area contributed by atoms with Crippen molar-refractivity contribution in [2.45, 2.75) is 18.6 Å². The fourth-order valence-electron chi connectivity index (χ4n) is 5.48. The number of rotatable bonds is 2. The number of nitrogens with zero attached hydrogens (tertiary/aromatic N) is 1. The molecular weight excluding hydrogens is 489 g/mol. The Morgan fingerprint density at radius 2 is 1.46 bits per heavy atom. The van der Waals surface area contributed by atoms with Gasteiger partial charge in [0.2, 0.25) is 29.0 Å². The molecule has 2 fully saturated rings. The van der Waals surface area contributed by atoms with Gasteiger partial charge in [0.25, 0.3) is 0 Å². The predicted molar refractivity (Wildman–Crippen MR) is 129 cm³/mol. The number of halogens is 2. The molecule has 2 heterocycles. The fourth-order valence-corrected chi connectivity index (χ4v) is 6.00. The van der Waals surface area contributed by atoms with Gasteiger partial charge in [-0.3, -0.25) is 19.2 Å². The number of carbonyl (C=O) groups excluding carboxylic acids is 4. The van der Waals surface area contributed by atoms with Crippen molar-refractivity contribution in [3.05, 3.63) is 99.0 Å². The van der Waals surface area contributed by atoms with Crippen LogP contribution in [0.4, 0.5) is 5.69 Å². The first-order valence-corrected chi connectivity index (χ1v) is 11.8. The molecule has 0 unspecified atom stereocenters. The van der Waals surface area contributed by atoms with Crippen LogP contribution in [0.15, 0.2) is 66.7 Å². The summed E-state index contributed by atoms with van der Waals surface area (Å²) >= 11 is 12.5. The minimum absolute atomic E-state index is 0.174. The monoisotopic (exact) mass is 505 g/mol. The van der Waals surface area contributed by atoms with Crippen LogP contribution in [0.2, 0.25) is 10.0 Å². The SMILES string of the molecule is Cc1ccc(N2C(=O)[C@@H]3[C@@H](c4ccc(Cl)cc4Cl)OC4(C(=O)c5ccccc5C4=O)[C@H]3C2=O)cc1. The highest BCUT2D eigenvalue weighted by Gasteiger charge is 2.74. The molecular formula is C27H17Cl2NO5. The maximum Gasteiger partial charge on any atom is 0.241 e. The molecule has 1 spiro atoms. The lowest BCUT2D eigenvalue weighted by Crippen LogP contribution is -2.51. The molecule has 174 valence electrons. The van der Waals surface area contributed by atoms with E-state index in [1.807, 2.05) is 6.92 Å². The minimum atomic E-state index is -2.14. The molecule has 6 nitrogen and oxygen atoms in total. The number of ketones is 2. The molecule has 35 heavy (non-hydrogen) atoms. The van der Waals surface area contributed by atoms with Gasteiger partial charge in [-0.2, -0.15) is 0 Å². The quantitative estimate of drug-likeness (QED) is 0.361. The van der Waals surface area contributed by atoms with Gasteiger partial charge in [0.1, 0.15) is 0 Å². The van der Waals surface area contributed by atoms with Crippen molar-refractivity contribution in [3.8, 4) is 0 Å². The maximum atomic E-state index is 13.9. The van der Waals surface area contributed by atoms with Crippen LogP contribution in [-0.4, -0.2) is 29.0 Å². The number of aryl methyl sites for hydroxylation is 1. The van der Waals surface area contributed by atoms with Crippen molar-refractivity contribution in [2.24, 2.45) is 11.8 Å². The summed E-state index contributed by atoms with van der Waals surface area (Å²) in [6, 6.07) is 17.9. The Balaban J connectivity index is 1.56. The Bertz CT molecular complexity index is 1430. The molecule has 0 saturated carbocycles. The van der Waals surface area contributed by atoms with Crippen molar-refractivity contribution in [2.75, 3.05) is 4.90 Å². The second kappa shape index (κ2) is 7.59. The molecule has 2 aliphatic heterocycles.